The number of benzene rings is 1. The summed E-state index contributed by atoms with van der Waals surface area (Å²) in [4.78, 5) is 31.2. The first-order valence-corrected chi connectivity index (χ1v) is 8.76. The van der Waals surface area contributed by atoms with Gasteiger partial charge in [-0.3, -0.25) is 14.2 Å². The number of aromatic nitrogens is 2. The average Bonchev–Trinajstić information content (AvgIpc) is 2.62. The number of rotatable bonds is 7. The van der Waals surface area contributed by atoms with E-state index in [1.54, 1.807) is 38.2 Å². The molecule has 0 radical (unpaired) electrons. The molecule has 1 atom stereocenters. The SMILES string of the molecule is C=CCn1c(S[C@@H](C)C(=O)N(C)CCC#N)nc2ccccc2c1=O. The third kappa shape index (κ3) is 4.28. The smallest absolute Gasteiger partial charge is 0.262 e. The maximum atomic E-state index is 12.7. The van der Waals surface area contributed by atoms with E-state index in [2.05, 4.69) is 11.6 Å². The normalized spacial score (nSPS) is 11.7. The van der Waals surface area contributed by atoms with Crippen LogP contribution in [0.5, 0.6) is 0 Å². The molecule has 1 aromatic heterocycles. The molecule has 1 heterocycles. The molecule has 2 aromatic rings. The van der Waals surface area contributed by atoms with Crippen LogP contribution in [0, 0.1) is 11.3 Å². The molecular weight excluding hydrogens is 336 g/mol. The molecule has 1 amide bonds. The highest BCUT2D eigenvalue weighted by atomic mass is 32.2. The van der Waals surface area contributed by atoms with Crippen molar-refractivity contribution in [2.45, 2.75) is 30.3 Å². The number of nitrogens with zero attached hydrogens (tertiary/aromatic N) is 4. The van der Waals surface area contributed by atoms with Crippen LogP contribution in [0.1, 0.15) is 13.3 Å². The van der Waals surface area contributed by atoms with Gasteiger partial charge in [0.25, 0.3) is 5.56 Å². The number of allylic oxidation sites excluding steroid dienone is 1. The van der Waals surface area contributed by atoms with E-state index < -0.39 is 5.25 Å². The van der Waals surface area contributed by atoms with Crippen molar-refractivity contribution in [1.82, 2.24) is 14.5 Å². The van der Waals surface area contributed by atoms with Crippen LogP contribution in [0.3, 0.4) is 0 Å². The summed E-state index contributed by atoms with van der Waals surface area (Å²) in [6, 6.07) is 9.17. The number of carbonyl (C=O) groups is 1. The highest BCUT2D eigenvalue weighted by molar-refractivity contribution is 8.00. The van der Waals surface area contributed by atoms with Crippen LogP contribution in [0.4, 0.5) is 0 Å². The lowest BCUT2D eigenvalue weighted by atomic mass is 10.2. The maximum absolute atomic E-state index is 12.7. The first kappa shape index (κ1) is 18.7. The fourth-order valence-corrected chi connectivity index (χ4v) is 3.41. The number of carbonyl (C=O) groups excluding carboxylic acids is 1. The van der Waals surface area contributed by atoms with Gasteiger partial charge in [0.05, 0.1) is 28.6 Å². The topological polar surface area (TPSA) is 79.0 Å². The Labute approximate surface area is 150 Å². The largest absolute Gasteiger partial charge is 0.344 e. The van der Waals surface area contributed by atoms with Crippen LogP contribution in [-0.2, 0) is 11.3 Å². The van der Waals surface area contributed by atoms with Gasteiger partial charge in [-0.1, -0.05) is 30.0 Å². The highest BCUT2D eigenvalue weighted by Gasteiger charge is 2.21. The Morgan fingerprint density at radius 1 is 1.52 bits per heavy atom. The van der Waals surface area contributed by atoms with Gasteiger partial charge >= 0.3 is 0 Å². The second kappa shape index (κ2) is 8.49. The zero-order valence-corrected chi connectivity index (χ0v) is 15.1. The zero-order valence-electron chi connectivity index (χ0n) is 14.3. The van der Waals surface area contributed by atoms with Crippen molar-refractivity contribution < 1.29 is 4.79 Å². The molecule has 0 bridgehead atoms. The lowest BCUT2D eigenvalue weighted by molar-refractivity contribution is -0.128. The molecule has 25 heavy (non-hydrogen) atoms. The molecule has 1 aromatic carbocycles. The molecule has 0 spiro atoms. The Balaban J connectivity index is 2.35. The zero-order chi connectivity index (χ0) is 18.4. The molecule has 7 heteroatoms. The lowest BCUT2D eigenvalue weighted by Gasteiger charge is -2.20. The van der Waals surface area contributed by atoms with Crippen LogP contribution in [0.2, 0.25) is 0 Å². The molecule has 0 unspecified atom stereocenters. The minimum absolute atomic E-state index is 0.104. The number of nitriles is 1. The first-order chi connectivity index (χ1) is 12.0. The fraction of sp³-hybridized carbons (Fsp3) is 0.333. The van der Waals surface area contributed by atoms with Crippen LogP contribution in [0.25, 0.3) is 10.9 Å². The molecule has 0 aliphatic carbocycles. The van der Waals surface area contributed by atoms with Crippen LogP contribution < -0.4 is 5.56 Å². The first-order valence-electron chi connectivity index (χ1n) is 7.88. The fourth-order valence-electron chi connectivity index (χ4n) is 2.37. The number of thioether (sulfide) groups is 1. The summed E-state index contributed by atoms with van der Waals surface area (Å²) < 4.78 is 1.53. The summed E-state index contributed by atoms with van der Waals surface area (Å²) >= 11 is 1.24. The average molecular weight is 356 g/mol. The number of hydrogen-bond acceptors (Lipinski definition) is 5. The van der Waals surface area contributed by atoms with Gasteiger partial charge in [-0.25, -0.2) is 4.98 Å². The van der Waals surface area contributed by atoms with Crippen molar-refractivity contribution >= 4 is 28.6 Å². The third-order valence-electron chi connectivity index (χ3n) is 3.70. The minimum atomic E-state index is -0.423. The van der Waals surface area contributed by atoms with Gasteiger partial charge in [0.1, 0.15) is 0 Å². The third-order valence-corrected chi connectivity index (χ3v) is 4.78. The highest BCUT2D eigenvalue weighted by Crippen LogP contribution is 2.23. The van der Waals surface area contributed by atoms with E-state index in [4.69, 9.17) is 5.26 Å². The standard InChI is InChI=1S/C18H20N4O2S/c1-4-11-22-17(24)14-8-5-6-9-15(14)20-18(22)25-13(2)16(23)21(3)12-7-10-19/h4-6,8-9,13H,1,7,11-12H2,2-3H3/t13-/m0/s1. The molecule has 0 aliphatic heterocycles. The van der Waals surface area contributed by atoms with Crippen molar-refractivity contribution in [3.63, 3.8) is 0 Å². The van der Waals surface area contributed by atoms with Gasteiger partial charge in [0, 0.05) is 20.1 Å². The van der Waals surface area contributed by atoms with E-state index in [0.29, 0.717) is 29.1 Å². The van der Waals surface area contributed by atoms with Crippen molar-refractivity contribution in [1.29, 1.82) is 5.26 Å². The Morgan fingerprint density at radius 3 is 2.92 bits per heavy atom. The molecule has 0 N–H and O–H groups in total. The maximum Gasteiger partial charge on any atom is 0.262 e. The van der Waals surface area contributed by atoms with Crippen molar-refractivity contribution in [2.75, 3.05) is 13.6 Å². The number of amides is 1. The predicted octanol–water partition coefficient (Wildman–Crippen LogP) is 2.44. The summed E-state index contributed by atoms with van der Waals surface area (Å²) in [6.07, 6.45) is 1.92. The second-order valence-corrected chi connectivity index (χ2v) is 6.85. The summed E-state index contributed by atoms with van der Waals surface area (Å²) in [6.45, 7) is 6.17. The Morgan fingerprint density at radius 2 is 2.24 bits per heavy atom. The number of para-hydroxylation sites is 1. The van der Waals surface area contributed by atoms with Gasteiger partial charge in [-0.15, -0.1) is 6.58 Å². The van der Waals surface area contributed by atoms with Crippen LogP contribution >= 0.6 is 11.8 Å². The van der Waals surface area contributed by atoms with Gasteiger partial charge in [0.2, 0.25) is 5.91 Å². The summed E-state index contributed by atoms with van der Waals surface area (Å²) in [5, 5.41) is 9.25. The summed E-state index contributed by atoms with van der Waals surface area (Å²) in [5.74, 6) is -0.104. The molecule has 0 saturated heterocycles. The number of fused-ring (bicyclic) bond motifs is 1. The van der Waals surface area contributed by atoms with Gasteiger partial charge in [0.15, 0.2) is 5.16 Å². The molecule has 6 nitrogen and oxygen atoms in total. The second-order valence-electron chi connectivity index (χ2n) is 5.54. The molecule has 2 rings (SSSR count). The summed E-state index contributed by atoms with van der Waals surface area (Å²) in [5.41, 5.74) is 0.457. The lowest BCUT2D eigenvalue weighted by Crippen LogP contribution is -2.34. The Bertz CT molecular complexity index is 885. The Kier molecular flexibility index (Phi) is 6.37. The molecular formula is C18H20N4O2S. The van der Waals surface area contributed by atoms with E-state index in [1.807, 2.05) is 12.1 Å². The van der Waals surface area contributed by atoms with Crippen LogP contribution in [0.15, 0.2) is 46.9 Å². The van der Waals surface area contributed by atoms with Crippen LogP contribution in [-0.4, -0.2) is 39.2 Å². The van der Waals surface area contributed by atoms with Crippen molar-refractivity contribution in [3.05, 3.63) is 47.3 Å². The minimum Gasteiger partial charge on any atom is -0.344 e. The van der Waals surface area contributed by atoms with E-state index in [-0.39, 0.29) is 17.9 Å². The predicted molar refractivity (Wildman–Crippen MR) is 99.4 cm³/mol. The van der Waals surface area contributed by atoms with E-state index in [9.17, 15) is 9.59 Å². The number of hydrogen-bond donors (Lipinski definition) is 0. The summed E-state index contributed by atoms with van der Waals surface area (Å²) in [7, 11) is 1.67. The molecule has 0 saturated carbocycles. The monoisotopic (exact) mass is 356 g/mol. The van der Waals surface area contributed by atoms with E-state index in [1.165, 1.54) is 21.2 Å². The van der Waals surface area contributed by atoms with Gasteiger partial charge in [-0.2, -0.15) is 5.26 Å². The van der Waals surface area contributed by atoms with Crippen molar-refractivity contribution in [2.24, 2.45) is 0 Å². The molecule has 0 fully saturated rings. The quantitative estimate of drug-likeness (QED) is 0.432. The Hall–Kier alpha value is -2.59. The van der Waals surface area contributed by atoms with Gasteiger partial charge in [-0.05, 0) is 19.1 Å². The molecule has 0 aliphatic rings. The van der Waals surface area contributed by atoms with Crippen molar-refractivity contribution in [3.8, 4) is 6.07 Å². The van der Waals surface area contributed by atoms with Gasteiger partial charge < -0.3 is 4.90 Å². The van der Waals surface area contributed by atoms with E-state index >= 15 is 0 Å². The molecule has 130 valence electrons. The van der Waals surface area contributed by atoms with E-state index in [0.717, 1.165) is 0 Å².